The number of halogens is 1. The van der Waals surface area contributed by atoms with E-state index in [2.05, 4.69) is 31.6 Å². The Morgan fingerprint density at radius 3 is 2.34 bits per heavy atom. The zero-order valence-corrected chi connectivity index (χ0v) is 17.6. The highest BCUT2D eigenvalue weighted by Gasteiger charge is 2.11. The van der Waals surface area contributed by atoms with Gasteiger partial charge in [-0.15, -0.1) is 5.10 Å². The number of hydrogen-bond donors (Lipinski definition) is 1. The predicted molar refractivity (Wildman–Crippen MR) is 118 cm³/mol. The van der Waals surface area contributed by atoms with Gasteiger partial charge in [-0.2, -0.15) is 0 Å². The minimum atomic E-state index is -0.147. The minimum Gasteiger partial charge on any atom is -0.322 e. The monoisotopic (exact) mass is 446 g/mol. The van der Waals surface area contributed by atoms with Crippen molar-refractivity contribution in [2.75, 3.05) is 5.32 Å². The molecule has 0 fully saturated rings. The molecular formula is C23H19BrN4O. The normalized spacial score (nSPS) is 10.7. The van der Waals surface area contributed by atoms with Crippen molar-refractivity contribution in [1.29, 1.82) is 0 Å². The lowest BCUT2D eigenvalue weighted by Gasteiger charge is -2.09. The van der Waals surface area contributed by atoms with Gasteiger partial charge in [0, 0.05) is 21.3 Å². The van der Waals surface area contributed by atoms with E-state index < -0.39 is 0 Å². The van der Waals surface area contributed by atoms with Gasteiger partial charge >= 0.3 is 0 Å². The van der Waals surface area contributed by atoms with E-state index in [4.69, 9.17) is 0 Å². The van der Waals surface area contributed by atoms with E-state index in [-0.39, 0.29) is 5.91 Å². The van der Waals surface area contributed by atoms with Crippen molar-refractivity contribution in [3.63, 3.8) is 0 Å². The molecule has 0 atom stereocenters. The minimum absolute atomic E-state index is 0.147. The van der Waals surface area contributed by atoms with E-state index in [9.17, 15) is 4.79 Å². The zero-order chi connectivity index (χ0) is 20.4. The summed E-state index contributed by atoms with van der Waals surface area (Å²) < 4.78 is 2.77. The maximum Gasteiger partial charge on any atom is 0.255 e. The van der Waals surface area contributed by atoms with Crippen molar-refractivity contribution in [2.24, 2.45) is 0 Å². The van der Waals surface area contributed by atoms with Crippen LogP contribution in [0.15, 0.2) is 77.4 Å². The number of anilines is 1. The Kier molecular flexibility index (Phi) is 5.27. The lowest BCUT2D eigenvalue weighted by molar-refractivity contribution is 0.102. The second kappa shape index (κ2) is 8.01. The topological polar surface area (TPSA) is 59.8 Å². The SMILES string of the molecule is Cc1ccc(NC(=O)c2ccc(-n3nncc3-c3ccc(Br)cc3)cc2)cc1C. The molecule has 0 aliphatic heterocycles. The number of aryl methyl sites for hydroxylation is 2. The highest BCUT2D eigenvalue weighted by Crippen LogP contribution is 2.24. The number of rotatable bonds is 4. The number of nitrogens with zero attached hydrogens (tertiary/aromatic N) is 3. The van der Waals surface area contributed by atoms with E-state index >= 15 is 0 Å². The number of aromatic nitrogens is 3. The second-order valence-electron chi connectivity index (χ2n) is 6.84. The number of benzene rings is 3. The van der Waals surface area contributed by atoms with Gasteiger partial charge < -0.3 is 5.32 Å². The largest absolute Gasteiger partial charge is 0.322 e. The Bertz CT molecular complexity index is 1160. The Balaban J connectivity index is 1.55. The quantitative estimate of drug-likeness (QED) is 0.445. The summed E-state index contributed by atoms with van der Waals surface area (Å²) in [5.74, 6) is -0.147. The van der Waals surface area contributed by atoms with Crippen LogP contribution in [0, 0.1) is 13.8 Å². The first-order valence-corrected chi connectivity index (χ1v) is 9.96. The number of carbonyl (C=O) groups is 1. The van der Waals surface area contributed by atoms with Gasteiger partial charge in [0.25, 0.3) is 5.91 Å². The van der Waals surface area contributed by atoms with Gasteiger partial charge in [0.2, 0.25) is 0 Å². The maximum atomic E-state index is 12.6. The molecule has 1 amide bonds. The van der Waals surface area contributed by atoms with E-state index in [1.165, 1.54) is 5.56 Å². The summed E-state index contributed by atoms with van der Waals surface area (Å²) in [6.07, 6.45) is 1.73. The van der Waals surface area contributed by atoms with Crippen molar-refractivity contribution in [3.05, 3.63) is 94.1 Å². The standard InChI is InChI=1S/C23H19BrN4O/c1-15-3-10-20(13-16(15)2)26-23(29)18-6-11-21(12-7-18)28-22(14-25-27-28)17-4-8-19(24)9-5-17/h3-14H,1-2H3,(H,26,29). The van der Waals surface area contributed by atoms with Crippen LogP contribution in [0.1, 0.15) is 21.5 Å². The van der Waals surface area contributed by atoms with Crippen molar-refractivity contribution in [2.45, 2.75) is 13.8 Å². The van der Waals surface area contributed by atoms with Crippen molar-refractivity contribution in [3.8, 4) is 16.9 Å². The van der Waals surface area contributed by atoms with Crippen LogP contribution in [0.4, 0.5) is 5.69 Å². The molecule has 0 aliphatic rings. The first kappa shape index (κ1) is 19.1. The molecule has 0 saturated carbocycles. The lowest BCUT2D eigenvalue weighted by atomic mass is 10.1. The molecule has 3 aromatic carbocycles. The molecule has 29 heavy (non-hydrogen) atoms. The molecule has 0 unspecified atom stereocenters. The zero-order valence-electron chi connectivity index (χ0n) is 16.1. The summed E-state index contributed by atoms with van der Waals surface area (Å²) in [5.41, 5.74) is 6.43. The van der Waals surface area contributed by atoms with E-state index in [0.29, 0.717) is 5.56 Å². The third-order valence-corrected chi connectivity index (χ3v) is 5.36. The molecule has 0 radical (unpaired) electrons. The predicted octanol–water partition coefficient (Wildman–Crippen LogP) is 5.57. The van der Waals surface area contributed by atoms with Gasteiger partial charge in [0.05, 0.1) is 17.6 Å². The van der Waals surface area contributed by atoms with Crippen LogP contribution in [0.3, 0.4) is 0 Å². The average molecular weight is 447 g/mol. The average Bonchev–Trinajstić information content (AvgIpc) is 3.21. The van der Waals surface area contributed by atoms with Crippen molar-refractivity contribution < 1.29 is 4.79 Å². The Morgan fingerprint density at radius 1 is 0.931 bits per heavy atom. The molecule has 0 spiro atoms. The number of carbonyl (C=O) groups excluding carboxylic acids is 1. The maximum absolute atomic E-state index is 12.6. The molecule has 1 heterocycles. The van der Waals surface area contributed by atoms with Crippen LogP contribution in [-0.4, -0.2) is 20.9 Å². The van der Waals surface area contributed by atoms with Crippen LogP contribution in [0.5, 0.6) is 0 Å². The summed E-state index contributed by atoms with van der Waals surface area (Å²) in [6.45, 7) is 4.08. The fourth-order valence-electron chi connectivity index (χ4n) is 3.02. The van der Waals surface area contributed by atoms with Crippen LogP contribution >= 0.6 is 15.9 Å². The van der Waals surface area contributed by atoms with Crippen LogP contribution in [-0.2, 0) is 0 Å². The van der Waals surface area contributed by atoms with Gasteiger partial charge in [-0.25, -0.2) is 4.68 Å². The van der Waals surface area contributed by atoms with Gasteiger partial charge in [-0.3, -0.25) is 4.79 Å². The molecule has 0 bridgehead atoms. The highest BCUT2D eigenvalue weighted by atomic mass is 79.9. The fraction of sp³-hybridized carbons (Fsp3) is 0.0870. The van der Waals surface area contributed by atoms with Crippen LogP contribution in [0.2, 0.25) is 0 Å². The number of hydrogen-bond acceptors (Lipinski definition) is 3. The molecule has 6 heteroatoms. The van der Waals surface area contributed by atoms with Gasteiger partial charge in [0.15, 0.2) is 0 Å². The second-order valence-corrected chi connectivity index (χ2v) is 7.75. The summed E-state index contributed by atoms with van der Waals surface area (Å²) in [4.78, 5) is 12.6. The van der Waals surface area contributed by atoms with E-state index in [1.807, 2.05) is 68.4 Å². The third kappa shape index (κ3) is 4.12. The Hall–Kier alpha value is -3.25. The van der Waals surface area contributed by atoms with E-state index in [1.54, 1.807) is 23.0 Å². The summed E-state index contributed by atoms with van der Waals surface area (Å²) in [7, 11) is 0. The number of amides is 1. The third-order valence-electron chi connectivity index (χ3n) is 4.83. The fourth-order valence-corrected chi connectivity index (χ4v) is 3.28. The Morgan fingerprint density at radius 2 is 1.66 bits per heavy atom. The molecule has 4 aromatic rings. The summed E-state index contributed by atoms with van der Waals surface area (Å²) >= 11 is 3.45. The van der Waals surface area contributed by atoms with Crippen molar-refractivity contribution >= 4 is 27.5 Å². The molecular weight excluding hydrogens is 428 g/mol. The lowest BCUT2D eigenvalue weighted by Crippen LogP contribution is -2.12. The summed E-state index contributed by atoms with van der Waals surface area (Å²) in [6, 6.07) is 21.2. The smallest absolute Gasteiger partial charge is 0.255 e. The number of nitrogens with one attached hydrogen (secondary N) is 1. The first-order valence-electron chi connectivity index (χ1n) is 9.17. The summed E-state index contributed by atoms with van der Waals surface area (Å²) in [5, 5.41) is 11.2. The van der Waals surface area contributed by atoms with Crippen LogP contribution in [0.25, 0.3) is 16.9 Å². The van der Waals surface area contributed by atoms with E-state index in [0.717, 1.165) is 32.7 Å². The highest BCUT2D eigenvalue weighted by molar-refractivity contribution is 9.10. The van der Waals surface area contributed by atoms with Crippen LogP contribution < -0.4 is 5.32 Å². The van der Waals surface area contributed by atoms with Gasteiger partial charge in [0.1, 0.15) is 0 Å². The molecule has 144 valence electrons. The molecule has 4 rings (SSSR count). The molecule has 1 N–H and O–H groups in total. The van der Waals surface area contributed by atoms with Gasteiger partial charge in [-0.1, -0.05) is 39.3 Å². The molecule has 0 aliphatic carbocycles. The first-order chi connectivity index (χ1) is 14.0. The molecule has 5 nitrogen and oxygen atoms in total. The molecule has 0 saturated heterocycles. The van der Waals surface area contributed by atoms with Crippen molar-refractivity contribution in [1.82, 2.24) is 15.0 Å². The Labute approximate surface area is 177 Å². The molecule has 1 aromatic heterocycles. The van der Waals surface area contributed by atoms with Gasteiger partial charge in [-0.05, 0) is 73.5 Å².